The number of halogens is 1. The van der Waals surface area contributed by atoms with Gasteiger partial charge in [0, 0.05) is 16.9 Å². The number of hydrogen-bond donors (Lipinski definition) is 2. The van der Waals surface area contributed by atoms with Crippen molar-refractivity contribution in [1.82, 2.24) is 10.4 Å². The number of carbonyl (C=O) groups is 1. The Kier molecular flexibility index (Phi) is 4.68. The van der Waals surface area contributed by atoms with Crippen LogP contribution in [0.25, 0.3) is 0 Å². The van der Waals surface area contributed by atoms with E-state index < -0.39 is 6.03 Å². The molecule has 0 aliphatic carbocycles. The maximum Gasteiger partial charge on any atom is 0.339 e. The maximum atomic E-state index is 11.7. The first-order chi connectivity index (χ1) is 9.65. The van der Waals surface area contributed by atoms with Crippen molar-refractivity contribution in [3.05, 3.63) is 59.4 Å². The van der Waals surface area contributed by atoms with Crippen LogP contribution in [0.2, 0.25) is 5.02 Å². The number of carbonyl (C=O) groups excluding carboxylic acids is 1. The molecule has 0 unspecified atom stereocenters. The highest BCUT2D eigenvalue weighted by atomic mass is 35.5. The van der Waals surface area contributed by atoms with Gasteiger partial charge in [-0.15, -0.1) is 0 Å². The van der Waals surface area contributed by atoms with Crippen molar-refractivity contribution in [3.8, 4) is 0 Å². The van der Waals surface area contributed by atoms with Crippen molar-refractivity contribution in [2.24, 2.45) is 5.10 Å². The van der Waals surface area contributed by atoms with Gasteiger partial charge in [-0.2, -0.15) is 5.10 Å². The fourth-order valence-electron chi connectivity index (χ4n) is 1.46. The summed E-state index contributed by atoms with van der Waals surface area (Å²) in [6, 6.07) is 11.9. The number of anilines is 1. The van der Waals surface area contributed by atoms with Crippen LogP contribution in [0.3, 0.4) is 0 Å². The summed E-state index contributed by atoms with van der Waals surface area (Å²) in [5.41, 5.74) is 4.38. The van der Waals surface area contributed by atoms with Gasteiger partial charge < -0.3 is 5.32 Å². The number of hydrazone groups is 1. The van der Waals surface area contributed by atoms with E-state index in [0.29, 0.717) is 22.1 Å². The smallest absolute Gasteiger partial charge is 0.307 e. The molecule has 0 radical (unpaired) electrons. The number of pyridine rings is 1. The van der Waals surface area contributed by atoms with Gasteiger partial charge in [0.2, 0.25) is 0 Å². The third kappa shape index (κ3) is 4.07. The number of nitrogens with one attached hydrogen (secondary N) is 2. The fraction of sp³-hybridized carbons (Fsp3) is 0.0714. The lowest BCUT2D eigenvalue weighted by Crippen LogP contribution is -2.25. The first-order valence-electron chi connectivity index (χ1n) is 5.93. The van der Waals surface area contributed by atoms with Gasteiger partial charge in [-0.3, -0.25) is 4.98 Å². The topological polar surface area (TPSA) is 66.4 Å². The van der Waals surface area contributed by atoms with E-state index in [1.54, 1.807) is 37.4 Å². The van der Waals surface area contributed by atoms with Crippen LogP contribution in [-0.4, -0.2) is 16.7 Å². The number of hydrogen-bond acceptors (Lipinski definition) is 3. The monoisotopic (exact) mass is 288 g/mol. The van der Waals surface area contributed by atoms with E-state index in [-0.39, 0.29) is 0 Å². The molecule has 20 heavy (non-hydrogen) atoms. The molecule has 1 aromatic carbocycles. The Bertz CT molecular complexity index is 611. The van der Waals surface area contributed by atoms with Crippen molar-refractivity contribution in [2.45, 2.75) is 6.92 Å². The molecule has 2 N–H and O–H groups in total. The van der Waals surface area contributed by atoms with Crippen LogP contribution < -0.4 is 10.7 Å². The highest BCUT2D eigenvalue weighted by Crippen LogP contribution is 2.12. The van der Waals surface area contributed by atoms with Crippen LogP contribution in [0, 0.1) is 0 Å². The molecule has 0 saturated heterocycles. The molecule has 2 amide bonds. The lowest BCUT2D eigenvalue weighted by atomic mass is 10.3. The van der Waals surface area contributed by atoms with Crippen molar-refractivity contribution in [1.29, 1.82) is 0 Å². The maximum absolute atomic E-state index is 11.7. The molecule has 0 bridgehead atoms. The van der Waals surface area contributed by atoms with Gasteiger partial charge in [0.15, 0.2) is 0 Å². The summed E-state index contributed by atoms with van der Waals surface area (Å²) in [5.74, 6) is 0. The van der Waals surface area contributed by atoms with Gasteiger partial charge in [0.25, 0.3) is 0 Å². The zero-order chi connectivity index (χ0) is 14.4. The van der Waals surface area contributed by atoms with Crippen LogP contribution in [0.4, 0.5) is 10.5 Å². The van der Waals surface area contributed by atoms with E-state index in [1.165, 1.54) is 0 Å². The summed E-state index contributed by atoms with van der Waals surface area (Å²) in [6.45, 7) is 1.77. The standard InChI is InChI=1S/C14H13ClN4O/c1-10(13-4-2-3-9-16-13)18-19-14(20)17-12-7-5-11(15)6-8-12/h2-9H,1H3,(H2,17,19,20)/b18-10+. The second-order valence-corrected chi connectivity index (χ2v) is 4.42. The Hall–Kier alpha value is -2.40. The molecule has 0 aliphatic heterocycles. The predicted molar refractivity (Wildman–Crippen MR) is 80.1 cm³/mol. The summed E-state index contributed by atoms with van der Waals surface area (Å²) < 4.78 is 0. The van der Waals surface area contributed by atoms with Crippen LogP contribution in [0.15, 0.2) is 53.8 Å². The van der Waals surface area contributed by atoms with Crippen LogP contribution in [0.5, 0.6) is 0 Å². The summed E-state index contributed by atoms with van der Waals surface area (Å²) in [6.07, 6.45) is 1.67. The third-order valence-electron chi connectivity index (χ3n) is 2.46. The minimum absolute atomic E-state index is 0.428. The molecular weight excluding hydrogens is 276 g/mol. The molecule has 1 heterocycles. The summed E-state index contributed by atoms with van der Waals surface area (Å²) >= 11 is 5.76. The van der Waals surface area contributed by atoms with Gasteiger partial charge in [-0.25, -0.2) is 10.2 Å². The molecule has 0 aliphatic rings. The summed E-state index contributed by atoms with van der Waals surface area (Å²) in [7, 11) is 0. The molecule has 2 rings (SSSR count). The van der Waals surface area contributed by atoms with Crippen molar-refractivity contribution < 1.29 is 4.79 Å². The normalized spacial score (nSPS) is 11.0. The van der Waals surface area contributed by atoms with Gasteiger partial charge in [0.1, 0.15) is 0 Å². The second kappa shape index (κ2) is 6.68. The van der Waals surface area contributed by atoms with E-state index >= 15 is 0 Å². The highest BCUT2D eigenvalue weighted by molar-refractivity contribution is 6.30. The van der Waals surface area contributed by atoms with Crippen molar-refractivity contribution >= 4 is 29.0 Å². The number of aromatic nitrogens is 1. The number of rotatable bonds is 3. The Morgan fingerprint density at radius 3 is 2.60 bits per heavy atom. The van der Waals surface area contributed by atoms with Gasteiger partial charge >= 0.3 is 6.03 Å². The first-order valence-corrected chi connectivity index (χ1v) is 6.31. The Morgan fingerprint density at radius 2 is 1.95 bits per heavy atom. The van der Waals surface area contributed by atoms with Crippen LogP contribution in [-0.2, 0) is 0 Å². The predicted octanol–water partition coefficient (Wildman–Crippen LogP) is 3.28. The Balaban J connectivity index is 1.93. The van der Waals surface area contributed by atoms with E-state index in [0.717, 1.165) is 0 Å². The molecule has 6 heteroatoms. The largest absolute Gasteiger partial charge is 0.339 e. The van der Waals surface area contributed by atoms with Crippen molar-refractivity contribution in [2.75, 3.05) is 5.32 Å². The quantitative estimate of drug-likeness (QED) is 0.672. The Morgan fingerprint density at radius 1 is 1.20 bits per heavy atom. The molecule has 2 aromatic rings. The summed E-state index contributed by atoms with van der Waals surface area (Å²) in [4.78, 5) is 15.8. The lowest BCUT2D eigenvalue weighted by molar-refractivity contribution is 0.252. The molecule has 0 saturated carbocycles. The van der Waals surface area contributed by atoms with Gasteiger partial charge in [0.05, 0.1) is 11.4 Å². The van der Waals surface area contributed by atoms with Gasteiger partial charge in [-0.1, -0.05) is 17.7 Å². The molecular formula is C14H13ClN4O. The van der Waals surface area contributed by atoms with Crippen molar-refractivity contribution in [3.63, 3.8) is 0 Å². The highest BCUT2D eigenvalue weighted by Gasteiger charge is 2.02. The molecule has 1 aromatic heterocycles. The van der Waals surface area contributed by atoms with Crippen LogP contribution >= 0.6 is 11.6 Å². The van der Waals surface area contributed by atoms with E-state index in [1.807, 2.05) is 18.2 Å². The SMILES string of the molecule is C/C(=N\NC(=O)Nc1ccc(Cl)cc1)c1ccccn1. The third-order valence-corrected chi connectivity index (χ3v) is 2.71. The minimum Gasteiger partial charge on any atom is -0.307 e. The molecule has 5 nitrogen and oxygen atoms in total. The van der Waals surface area contributed by atoms with E-state index in [4.69, 9.17) is 11.6 Å². The first kappa shape index (κ1) is 14.0. The van der Waals surface area contributed by atoms with E-state index in [2.05, 4.69) is 20.8 Å². The number of nitrogens with zero attached hydrogens (tertiary/aromatic N) is 2. The number of urea groups is 1. The average molecular weight is 289 g/mol. The average Bonchev–Trinajstić information content (AvgIpc) is 2.48. The second-order valence-electron chi connectivity index (χ2n) is 3.99. The molecule has 102 valence electrons. The summed E-state index contributed by atoms with van der Waals surface area (Å²) in [5, 5.41) is 7.22. The lowest BCUT2D eigenvalue weighted by Gasteiger charge is -2.05. The zero-order valence-electron chi connectivity index (χ0n) is 10.8. The fourth-order valence-corrected chi connectivity index (χ4v) is 1.59. The molecule has 0 atom stereocenters. The number of amides is 2. The Labute approximate surface area is 121 Å². The molecule has 0 fully saturated rings. The van der Waals surface area contributed by atoms with Gasteiger partial charge in [-0.05, 0) is 43.3 Å². The minimum atomic E-state index is -0.428. The zero-order valence-corrected chi connectivity index (χ0v) is 11.6. The van der Waals surface area contributed by atoms with E-state index in [9.17, 15) is 4.79 Å². The molecule has 0 spiro atoms. The number of benzene rings is 1. The van der Waals surface area contributed by atoms with Crippen LogP contribution in [0.1, 0.15) is 12.6 Å².